The monoisotopic (exact) mass is 899 g/mol. The van der Waals surface area contributed by atoms with Gasteiger partial charge in [-0.2, -0.15) is 0 Å². The Morgan fingerprint density at radius 2 is 0.983 bits per heavy atom. The number of nitro groups is 1. The number of fused-ring (bicyclic) bond motifs is 2. The van der Waals surface area contributed by atoms with Crippen molar-refractivity contribution in [2.24, 2.45) is 0 Å². The number of carbonyl (C=O) groups excluding carboxylic acids is 4. The van der Waals surface area contributed by atoms with Gasteiger partial charge in [0.15, 0.2) is 0 Å². The van der Waals surface area contributed by atoms with Gasteiger partial charge in [-0.05, 0) is 129 Å². The average molecular weight is 902 g/mol. The minimum Gasteiger partial charge on any atom is -0.457 e. The molecule has 0 atom stereocenters. The number of anilines is 2. The number of non-ortho nitro benzene ring substituents is 1. The quantitative estimate of drug-likeness (QED) is 0.0795. The molecule has 0 saturated carbocycles. The van der Waals surface area contributed by atoms with Crippen LogP contribution in [0.1, 0.15) is 77.5 Å². The van der Waals surface area contributed by atoms with Crippen LogP contribution in [0, 0.1) is 24.0 Å². The van der Waals surface area contributed by atoms with Crippen LogP contribution in [-0.4, -0.2) is 28.6 Å². The highest BCUT2D eigenvalue weighted by Crippen LogP contribution is 2.43. The van der Waals surface area contributed by atoms with Crippen LogP contribution in [0.2, 0.25) is 0 Å². The number of ether oxygens (including phenoxy) is 2. The first kappa shape index (κ1) is 38.4. The van der Waals surface area contributed by atoms with Crippen LogP contribution in [0.5, 0.6) is 23.0 Å². The summed E-state index contributed by atoms with van der Waals surface area (Å²) in [7, 11) is 0. The Hall–Kier alpha value is -6.44. The molecule has 0 unspecified atom stereocenters. The fourth-order valence-corrected chi connectivity index (χ4v) is 8.75. The summed E-state index contributed by atoms with van der Waals surface area (Å²) in [5.41, 5.74) is 4.96. The van der Waals surface area contributed by atoms with Gasteiger partial charge in [0.25, 0.3) is 29.3 Å². The van der Waals surface area contributed by atoms with Gasteiger partial charge < -0.3 is 9.47 Å². The standard InChI is InChI=1S/C45H31Br2N3O8/c1-24-5-18-39(25(2)19-24)48-41(51)33-16-14-31(22-35(33)43(48)53)57-29-10-6-26(7-11-29)45(3,4)27-8-12-30(13-9-27)58-32-15-17-34-36(23-32)44(54)49(42(34)52)40-37(46)20-28(50(55)56)21-38(40)47/h5-23H,1-4H3. The Bertz CT molecular complexity index is 2740. The number of halogens is 2. The van der Waals surface area contributed by atoms with Gasteiger partial charge in [-0.1, -0.05) is 55.8 Å². The zero-order valence-corrected chi connectivity index (χ0v) is 34.5. The number of rotatable bonds is 9. The molecule has 2 aliphatic rings. The summed E-state index contributed by atoms with van der Waals surface area (Å²) in [6.07, 6.45) is 0. The summed E-state index contributed by atoms with van der Waals surface area (Å²) in [6, 6.07) is 32.9. The second-order valence-corrected chi connectivity index (χ2v) is 16.2. The highest BCUT2D eigenvalue weighted by atomic mass is 79.9. The second kappa shape index (κ2) is 14.5. The van der Waals surface area contributed by atoms with E-state index in [2.05, 4.69) is 45.7 Å². The van der Waals surface area contributed by atoms with E-state index in [1.165, 1.54) is 29.2 Å². The summed E-state index contributed by atoms with van der Waals surface area (Å²) in [6.45, 7) is 8.03. The van der Waals surface area contributed by atoms with Gasteiger partial charge in [-0.3, -0.25) is 29.3 Å². The van der Waals surface area contributed by atoms with Gasteiger partial charge in [0.1, 0.15) is 23.0 Å². The molecule has 6 aromatic carbocycles. The van der Waals surface area contributed by atoms with Crippen molar-refractivity contribution < 1.29 is 33.6 Å². The number of nitro benzene ring substituents is 1. The van der Waals surface area contributed by atoms with Crippen molar-refractivity contribution in [3.63, 3.8) is 0 Å². The van der Waals surface area contributed by atoms with E-state index in [9.17, 15) is 29.3 Å². The number of benzene rings is 6. The average Bonchev–Trinajstić information content (AvgIpc) is 3.58. The van der Waals surface area contributed by atoms with Gasteiger partial charge in [0.05, 0.1) is 38.6 Å². The third-order valence-corrected chi connectivity index (χ3v) is 11.6. The van der Waals surface area contributed by atoms with Gasteiger partial charge in [0.2, 0.25) is 0 Å². The van der Waals surface area contributed by atoms with Crippen LogP contribution >= 0.6 is 31.9 Å². The van der Waals surface area contributed by atoms with Gasteiger partial charge in [-0.25, -0.2) is 9.80 Å². The molecule has 0 radical (unpaired) electrons. The first-order chi connectivity index (χ1) is 27.6. The number of hydrogen-bond acceptors (Lipinski definition) is 8. The molecule has 0 bridgehead atoms. The second-order valence-electron chi connectivity index (χ2n) is 14.5. The number of imide groups is 2. The lowest BCUT2D eigenvalue weighted by molar-refractivity contribution is -0.385. The van der Waals surface area contributed by atoms with Gasteiger partial charge >= 0.3 is 0 Å². The number of carbonyl (C=O) groups is 4. The molecule has 2 heterocycles. The van der Waals surface area contributed by atoms with Crippen molar-refractivity contribution in [2.75, 3.05) is 9.80 Å². The van der Waals surface area contributed by atoms with E-state index < -0.39 is 22.2 Å². The molecule has 11 nitrogen and oxygen atoms in total. The maximum Gasteiger partial charge on any atom is 0.271 e. The molecule has 288 valence electrons. The van der Waals surface area contributed by atoms with E-state index in [1.54, 1.807) is 30.3 Å². The topological polar surface area (TPSA) is 136 Å². The molecule has 0 aromatic heterocycles. The Balaban J connectivity index is 0.941. The lowest BCUT2D eigenvalue weighted by atomic mass is 9.78. The lowest BCUT2D eigenvalue weighted by Gasteiger charge is -2.26. The van der Waals surface area contributed by atoms with Crippen molar-refractivity contribution >= 4 is 72.6 Å². The highest BCUT2D eigenvalue weighted by molar-refractivity contribution is 9.11. The minimum atomic E-state index is -0.589. The van der Waals surface area contributed by atoms with Crippen LogP contribution < -0.4 is 19.3 Å². The third kappa shape index (κ3) is 6.65. The van der Waals surface area contributed by atoms with Crippen LogP contribution in [0.15, 0.2) is 124 Å². The number of nitrogens with zero attached hydrogens (tertiary/aromatic N) is 3. The Morgan fingerprint density at radius 1 is 0.552 bits per heavy atom. The molecule has 0 aliphatic carbocycles. The zero-order chi connectivity index (χ0) is 41.2. The first-order valence-corrected chi connectivity index (χ1v) is 19.5. The van der Waals surface area contributed by atoms with Crippen LogP contribution in [0.25, 0.3) is 0 Å². The van der Waals surface area contributed by atoms with E-state index in [4.69, 9.17) is 9.47 Å². The van der Waals surface area contributed by atoms with Gasteiger partial charge in [0, 0.05) is 26.5 Å². The number of aryl methyl sites for hydroxylation is 2. The number of amides is 4. The van der Waals surface area contributed by atoms with Crippen molar-refractivity contribution in [3.05, 3.63) is 179 Å². The van der Waals surface area contributed by atoms with Crippen LogP contribution in [0.4, 0.5) is 17.1 Å². The predicted molar refractivity (Wildman–Crippen MR) is 225 cm³/mol. The van der Waals surface area contributed by atoms with Crippen molar-refractivity contribution in [1.29, 1.82) is 0 Å². The third-order valence-electron chi connectivity index (χ3n) is 10.4. The van der Waals surface area contributed by atoms with E-state index in [1.807, 2.05) is 74.5 Å². The Kier molecular flexibility index (Phi) is 9.61. The molecular formula is C45H31Br2N3O8. The maximum atomic E-state index is 13.5. The SMILES string of the molecule is Cc1ccc(N2C(=O)c3ccc(Oc4ccc(C(C)(C)c5ccc(Oc6ccc7c(c6)C(=O)N(c6c(Br)cc([N+](=O)[O-])cc6Br)C7=O)cc5)cc4)cc3C2=O)c(C)c1. The summed E-state index contributed by atoms with van der Waals surface area (Å²) < 4.78 is 12.7. The van der Waals surface area contributed by atoms with Crippen molar-refractivity contribution in [2.45, 2.75) is 33.1 Å². The molecule has 58 heavy (non-hydrogen) atoms. The molecule has 6 aromatic rings. The van der Waals surface area contributed by atoms with Crippen molar-refractivity contribution in [1.82, 2.24) is 0 Å². The van der Waals surface area contributed by atoms with E-state index in [-0.39, 0.29) is 43.3 Å². The molecule has 0 fully saturated rings. The van der Waals surface area contributed by atoms with E-state index in [0.29, 0.717) is 39.8 Å². The van der Waals surface area contributed by atoms with Crippen molar-refractivity contribution in [3.8, 4) is 23.0 Å². The van der Waals surface area contributed by atoms with Crippen LogP contribution in [-0.2, 0) is 5.41 Å². The molecule has 13 heteroatoms. The summed E-state index contributed by atoms with van der Waals surface area (Å²) in [5, 5.41) is 11.3. The lowest BCUT2D eigenvalue weighted by Crippen LogP contribution is -2.30. The predicted octanol–water partition coefficient (Wildman–Crippen LogP) is 11.2. The molecule has 0 saturated heterocycles. The summed E-state index contributed by atoms with van der Waals surface area (Å²) in [5.74, 6) is -0.0310. The summed E-state index contributed by atoms with van der Waals surface area (Å²) >= 11 is 6.55. The molecule has 2 aliphatic heterocycles. The maximum absolute atomic E-state index is 13.5. The first-order valence-electron chi connectivity index (χ1n) is 18.0. The van der Waals surface area contributed by atoms with E-state index in [0.717, 1.165) is 27.2 Å². The largest absolute Gasteiger partial charge is 0.457 e. The Morgan fingerprint density at radius 3 is 1.45 bits per heavy atom. The highest BCUT2D eigenvalue weighted by Gasteiger charge is 2.40. The molecule has 4 amide bonds. The van der Waals surface area contributed by atoms with E-state index >= 15 is 0 Å². The fourth-order valence-electron chi connectivity index (χ4n) is 7.23. The minimum absolute atomic E-state index is 0.143. The normalized spacial score (nSPS) is 13.6. The van der Waals surface area contributed by atoms with Crippen LogP contribution in [0.3, 0.4) is 0 Å². The molecule has 0 N–H and O–H groups in total. The smallest absolute Gasteiger partial charge is 0.271 e. The van der Waals surface area contributed by atoms with Gasteiger partial charge in [-0.15, -0.1) is 0 Å². The fraction of sp³-hybridized carbons (Fsp3) is 0.111. The molecule has 0 spiro atoms. The molecule has 8 rings (SSSR count). The Labute approximate surface area is 349 Å². The zero-order valence-electron chi connectivity index (χ0n) is 31.3. The summed E-state index contributed by atoms with van der Waals surface area (Å²) in [4.78, 5) is 66.4. The molecular weight excluding hydrogens is 870 g/mol. The number of hydrogen-bond donors (Lipinski definition) is 0.